The number of rotatable bonds is 13. The van der Waals surface area contributed by atoms with Gasteiger partial charge >= 0.3 is 5.97 Å². The highest BCUT2D eigenvalue weighted by Crippen LogP contribution is 2.71. The zero-order valence-corrected chi connectivity index (χ0v) is 20.8. The third-order valence-electron chi connectivity index (χ3n) is 7.35. The number of aliphatic hydroxyl groups is 1. The molecule has 0 aromatic rings. The van der Waals surface area contributed by atoms with Crippen LogP contribution in [0.4, 0.5) is 0 Å². The number of ether oxygens (including phenoxy) is 1. The molecule has 5 atom stereocenters. The fraction of sp³-hybridized carbons (Fsp3) is 0.720. The second-order valence-electron chi connectivity index (χ2n) is 9.51. The van der Waals surface area contributed by atoms with E-state index in [2.05, 4.69) is 20.1 Å². The number of β-amino-alcohol motifs (C(OH)–C–C–N with tert-alkyl or cyclic N) is 1. The Morgan fingerprint density at radius 1 is 1.30 bits per heavy atom. The Morgan fingerprint density at radius 2 is 2.06 bits per heavy atom. The fourth-order valence-corrected chi connectivity index (χ4v) is 8.21. The maximum Gasteiger partial charge on any atom is 0.311 e. The third-order valence-corrected chi connectivity index (χ3v) is 9.33. The lowest BCUT2D eigenvalue weighted by Crippen LogP contribution is -2.55. The number of allylic oxidation sites excluding steroid dienone is 1. The van der Waals surface area contributed by atoms with Gasteiger partial charge in [0.15, 0.2) is 0 Å². The number of aliphatic hydroxyl groups excluding tert-OH is 1. The molecule has 0 aliphatic carbocycles. The molecule has 3 aliphatic heterocycles. The van der Waals surface area contributed by atoms with Crippen molar-refractivity contribution >= 4 is 29.5 Å². The summed E-state index contributed by atoms with van der Waals surface area (Å²) in [6.45, 7) is 12.7. The van der Waals surface area contributed by atoms with Gasteiger partial charge in [0, 0.05) is 24.4 Å². The molecule has 3 saturated heterocycles. The minimum absolute atomic E-state index is 0.0849. The number of likely N-dealkylation sites (tertiary alicyclic amines) is 1. The van der Waals surface area contributed by atoms with E-state index in [-0.39, 0.29) is 30.9 Å². The van der Waals surface area contributed by atoms with Crippen LogP contribution in [-0.4, -0.2) is 81.1 Å². The van der Waals surface area contributed by atoms with Crippen molar-refractivity contribution in [1.29, 1.82) is 0 Å². The first-order chi connectivity index (χ1) is 15.8. The van der Waals surface area contributed by atoms with Gasteiger partial charge in [0.2, 0.25) is 11.8 Å². The number of carbonyl (C=O) groups is 3. The van der Waals surface area contributed by atoms with Gasteiger partial charge in [-0.1, -0.05) is 25.5 Å². The van der Waals surface area contributed by atoms with Crippen LogP contribution in [0.5, 0.6) is 0 Å². The monoisotopic (exact) mass is 478 g/mol. The number of amides is 2. The van der Waals surface area contributed by atoms with Gasteiger partial charge < -0.3 is 19.6 Å². The Kier molecular flexibility index (Phi) is 8.32. The number of fused-ring (bicyclic) bond motifs is 1. The molecule has 8 heteroatoms. The minimum Gasteiger partial charge on any atom is -0.465 e. The zero-order valence-electron chi connectivity index (χ0n) is 20.0. The van der Waals surface area contributed by atoms with E-state index in [4.69, 9.17) is 4.74 Å². The van der Waals surface area contributed by atoms with E-state index in [0.717, 1.165) is 25.7 Å². The van der Waals surface area contributed by atoms with Crippen LogP contribution < -0.4 is 0 Å². The lowest BCUT2D eigenvalue weighted by Gasteiger charge is -2.37. The smallest absolute Gasteiger partial charge is 0.311 e. The Bertz CT molecular complexity index is 789. The summed E-state index contributed by atoms with van der Waals surface area (Å²) in [6.07, 6.45) is 8.20. The predicted octanol–water partition coefficient (Wildman–Crippen LogP) is 2.78. The van der Waals surface area contributed by atoms with Gasteiger partial charge in [-0.2, -0.15) is 0 Å². The maximum atomic E-state index is 13.9. The molecule has 0 saturated carbocycles. The SMILES string of the molecule is C=CCCCOC(=O)[C@@H]1[C@H]2C(=O)N(CCO)C(C(=O)N(CC=C)CCCC)C23CC[C@@]1(C)S3. The first kappa shape index (κ1) is 25.8. The van der Waals surface area contributed by atoms with Gasteiger partial charge in [0.05, 0.1) is 29.8 Å². The van der Waals surface area contributed by atoms with Crippen LogP contribution >= 0.6 is 11.8 Å². The van der Waals surface area contributed by atoms with Crippen molar-refractivity contribution in [2.45, 2.75) is 67.9 Å². The molecule has 2 bridgehead atoms. The number of unbranched alkanes of at least 4 members (excludes halogenated alkanes) is 2. The van der Waals surface area contributed by atoms with Crippen LogP contribution in [0.15, 0.2) is 25.3 Å². The summed E-state index contributed by atoms with van der Waals surface area (Å²) in [5, 5.41) is 9.71. The highest BCUT2D eigenvalue weighted by molar-refractivity contribution is 8.02. The van der Waals surface area contributed by atoms with Crippen molar-refractivity contribution in [2.24, 2.45) is 11.8 Å². The summed E-state index contributed by atoms with van der Waals surface area (Å²) in [5.41, 5.74) is 0. The summed E-state index contributed by atoms with van der Waals surface area (Å²) < 4.78 is 4.49. The molecular weight excluding hydrogens is 440 g/mol. The van der Waals surface area contributed by atoms with E-state index in [1.807, 2.05) is 6.92 Å². The molecule has 33 heavy (non-hydrogen) atoms. The zero-order chi connectivity index (χ0) is 24.2. The molecule has 0 aromatic heterocycles. The number of esters is 1. The highest BCUT2D eigenvalue weighted by Gasteiger charge is 2.77. The number of nitrogens with zero attached hydrogens (tertiary/aromatic N) is 2. The summed E-state index contributed by atoms with van der Waals surface area (Å²) in [6, 6.07) is -0.690. The van der Waals surface area contributed by atoms with Gasteiger partial charge in [-0.25, -0.2) is 0 Å². The van der Waals surface area contributed by atoms with Crippen LogP contribution in [0.2, 0.25) is 0 Å². The first-order valence-electron chi connectivity index (χ1n) is 12.1. The van der Waals surface area contributed by atoms with Crippen LogP contribution in [0, 0.1) is 11.8 Å². The van der Waals surface area contributed by atoms with Crippen LogP contribution in [0.25, 0.3) is 0 Å². The van der Waals surface area contributed by atoms with Crippen molar-refractivity contribution in [3.63, 3.8) is 0 Å². The Balaban J connectivity index is 1.94. The molecule has 1 spiro atoms. The largest absolute Gasteiger partial charge is 0.465 e. The minimum atomic E-state index is -0.690. The second kappa shape index (κ2) is 10.6. The molecule has 0 aromatic carbocycles. The number of hydrogen-bond donors (Lipinski definition) is 1. The van der Waals surface area contributed by atoms with E-state index in [0.29, 0.717) is 32.5 Å². The molecular formula is C25H38N2O5S. The van der Waals surface area contributed by atoms with Gasteiger partial charge in [0.1, 0.15) is 6.04 Å². The molecule has 2 amide bonds. The van der Waals surface area contributed by atoms with E-state index in [9.17, 15) is 19.5 Å². The Labute approximate surface area is 201 Å². The summed E-state index contributed by atoms with van der Waals surface area (Å²) in [4.78, 5) is 44.1. The maximum absolute atomic E-state index is 13.9. The van der Waals surface area contributed by atoms with Crippen molar-refractivity contribution in [3.8, 4) is 0 Å². The normalized spacial score (nSPS) is 32.0. The van der Waals surface area contributed by atoms with Gasteiger partial charge in [-0.15, -0.1) is 24.9 Å². The molecule has 0 radical (unpaired) electrons. The average Bonchev–Trinajstić information content (AvgIpc) is 3.35. The average molecular weight is 479 g/mol. The lowest BCUT2D eigenvalue weighted by molar-refractivity contribution is -0.155. The van der Waals surface area contributed by atoms with Crippen molar-refractivity contribution in [3.05, 3.63) is 25.3 Å². The predicted molar refractivity (Wildman–Crippen MR) is 130 cm³/mol. The molecule has 184 valence electrons. The summed E-state index contributed by atoms with van der Waals surface area (Å²) in [7, 11) is 0. The topological polar surface area (TPSA) is 87.1 Å². The molecule has 1 N–H and O–H groups in total. The van der Waals surface area contributed by atoms with Crippen LogP contribution in [0.1, 0.15) is 52.4 Å². The number of carbonyl (C=O) groups excluding carboxylic acids is 3. The van der Waals surface area contributed by atoms with Crippen molar-refractivity contribution in [1.82, 2.24) is 9.80 Å². The Hall–Kier alpha value is -1.80. The van der Waals surface area contributed by atoms with E-state index >= 15 is 0 Å². The van der Waals surface area contributed by atoms with Crippen LogP contribution in [0.3, 0.4) is 0 Å². The second-order valence-corrected chi connectivity index (χ2v) is 11.4. The van der Waals surface area contributed by atoms with Crippen molar-refractivity contribution in [2.75, 3.05) is 32.8 Å². The van der Waals surface area contributed by atoms with Gasteiger partial charge in [-0.05, 0) is 39.0 Å². The molecule has 3 aliphatic rings. The molecule has 3 rings (SSSR count). The lowest BCUT2D eigenvalue weighted by atomic mass is 9.66. The van der Waals surface area contributed by atoms with E-state index < -0.39 is 27.4 Å². The summed E-state index contributed by atoms with van der Waals surface area (Å²) >= 11 is 1.63. The quantitative estimate of drug-likeness (QED) is 0.249. The Morgan fingerprint density at radius 3 is 2.70 bits per heavy atom. The van der Waals surface area contributed by atoms with E-state index in [1.165, 1.54) is 4.90 Å². The van der Waals surface area contributed by atoms with Crippen molar-refractivity contribution < 1.29 is 24.2 Å². The molecule has 3 fully saturated rings. The fourth-order valence-electron chi connectivity index (χ4n) is 5.87. The van der Waals surface area contributed by atoms with Gasteiger partial charge in [-0.3, -0.25) is 14.4 Å². The number of hydrogen-bond acceptors (Lipinski definition) is 6. The number of thioether (sulfide) groups is 1. The summed E-state index contributed by atoms with van der Waals surface area (Å²) in [5.74, 6) is -1.86. The van der Waals surface area contributed by atoms with E-state index in [1.54, 1.807) is 28.8 Å². The van der Waals surface area contributed by atoms with Gasteiger partial charge in [0.25, 0.3) is 0 Å². The first-order valence-corrected chi connectivity index (χ1v) is 12.9. The third kappa shape index (κ3) is 4.48. The standard InChI is InChI=1S/C25H38N2O5S/c1-5-8-10-17-32-23(31)19-18-21(29)27(15-16-28)20(25(18)12-11-24(19,4)33-25)22(30)26(13-7-3)14-9-6-2/h5,7,18-20,28H,1,3,6,8-17H2,2,4H3/t18-,19-,20?,24+,25?/m0/s1. The van der Waals surface area contributed by atoms with Crippen LogP contribution in [-0.2, 0) is 19.1 Å². The highest BCUT2D eigenvalue weighted by atomic mass is 32.2. The molecule has 3 heterocycles. The molecule has 7 nitrogen and oxygen atoms in total. The molecule has 2 unspecified atom stereocenters.